The topological polar surface area (TPSA) is 93.9 Å². The number of aromatic carboxylic acids is 1. The molecule has 0 bridgehead atoms. The predicted octanol–water partition coefficient (Wildman–Crippen LogP) is 5.98. The smallest absolute Gasteiger partial charge is 0.335 e. The Kier molecular flexibility index (Phi) is 8.02. The van der Waals surface area contributed by atoms with E-state index in [-0.39, 0.29) is 24.5 Å². The van der Waals surface area contributed by atoms with Gasteiger partial charge in [0.1, 0.15) is 18.2 Å². The van der Waals surface area contributed by atoms with Gasteiger partial charge in [0.15, 0.2) is 5.75 Å². The molecule has 0 atom stereocenters. The molecule has 0 unspecified atom stereocenters. The van der Waals surface area contributed by atoms with Gasteiger partial charge in [-0.2, -0.15) is 5.10 Å². The van der Waals surface area contributed by atoms with Crippen molar-refractivity contribution in [2.75, 3.05) is 24.7 Å². The quantitative estimate of drug-likeness (QED) is 0.252. The summed E-state index contributed by atoms with van der Waals surface area (Å²) in [5, 5.41) is 14.2. The number of fused-ring (bicyclic) bond motifs is 1. The number of anilines is 1. The number of hydrogen-bond acceptors (Lipinski definition) is 5. The van der Waals surface area contributed by atoms with E-state index in [9.17, 15) is 19.1 Å². The normalized spacial score (nSPS) is 12.5. The number of benzene rings is 3. The highest BCUT2D eigenvalue weighted by atomic mass is 35.5. The first-order valence-corrected chi connectivity index (χ1v) is 13.2. The second-order valence-electron chi connectivity index (χ2n) is 9.44. The average molecular weight is 564 g/mol. The van der Waals surface area contributed by atoms with Crippen molar-refractivity contribution in [2.24, 2.45) is 0 Å². The van der Waals surface area contributed by atoms with Gasteiger partial charge in [0.05, 0.1) is 37.1 Å². The summed E-state index contributed by atoms with van der Waals surface area (Å²) in [5.74, 6) is -0.563. The first-order valence-electron chi connectivity index (χ1n) is 12.8. The van der Waals surface area contributed by atoms with Crippen molar-refractivity contribution in [3.8, 4) is 22.6 Å². The Balaban J connectivity index is 1.29. The molecule has 2 heterocycles. The molecule has 1 aromatic heterocycles. The van der Waals surface area contributed by atoms with Gasteiger partial charge in [-0.1, -0.05) is 29.8 Å². The van der Waals surface area contributed by atoms with Crippen molar-refractivity contribution in [2.45, 2.75) is 26.3 Å². The third-order valence-corrected chi connectivity index (χ3v) is 7.07. The maximum absolute atomic E-state index is 14.8. The monoisotopic (exact) mass is 563 g/mol. The van der Waals surface area contributed by atoms with Crippen LogP contribution in [0.2, 0.25) is 5.02 Å². The van der Waals surface area contributed by atoms with Crippen molar-refractivity contribution >= 4 is 29.2 Å². The van der Waals surface area contributed by atoms with E-state index in [0.29, 0.717) is 59.5 Å². The van der Waals surface area contributed by atoms with Gasteiger partial charge in [-0.3, -0.25) is 9.48 Å². The van der Waals surface area contributed by atoms with Gasteiger partial charge >= 0.3 is 5.97 Å². The molecular weight excluding hydrogens is 537 g/mol. The lowest BCUT2D eigenvalue weighted by atomic mass is 10.0. The summed E-state index contributed by atoms with van der Waals surface area (Å²) in [4.78, 5) is 26.0. The summed E-state index contributed by atoms with van der Waals surface area (Å²) in [5.41, 5.74) is 3.27. The Bertz CT molecular complexity index is 1570. The largest absolute Gasteiger partial charge is 0.493 e. The molecule has 4 aromatic rings. The first-order chi connectivity index (χ1) is 19.3. The van der Waals surface area contributed by atoms with Crippen molar-refractivity contribution in [1.82, 2.24) is 9.78 Å². The predicted molar refractivity (Wildman–Crippen MR) is 149 cm³/mol. The fourth-order valence-corrected chi connectivity index (χ4v) is 4.79. The Morgan fingerprint density at radius 3 is 2.83 bits per heavy atom. The lowest BCUT2D eigenvalue weighted by Crippen LogP contribution is -2.38. The summed E-state index contributed by atoms with van der Waals surface area (Å²) in [6.07, 6.45) is 4.03. The van der Waals surface area contributed by atoms with Crippen molar-refractivity contribution in [3.05, 3.63) is 94.5 Å². The highest BCUT2D eigenvalue weighted by Gasteiger charge is 2.27. The molecular formula is C30H27ClFN3O5. The van der Waals surface area contributed by atoms with Gasteiger partial charge < -0.3 is 19.5 Å². The third-order valence-electron chi connectivity index (χ3n) is 6.66. The minimum absolute atomic E-state index is 0.151. The van der Waals surface area contributed by atoms with Crippen LogP contribution in [0.1, 0.15) is 34.3 Å². The summed E-state index contributed by atoms with van der Waals surface area (Å²) >= 11 is 6.14. The number of carbonyl (C=O) groups excluding carboxylic acids is 1. The van der Waals surface area contributed by atoms with Crippen LogP contribution in [0.3, 0.4) is 0 Å². The van der Waals surface area contributed by atoms with E-state index in [1.165, 1.54) is 18.2 Å². The van der Waals surface area contributed by atoms with Gasteiger partial charge in [0.2, 0.25) is 5.91 Å². The molecule has 0 radical (unpaired) electrons. The van der Waals surface area contributed by atoms with E-state index in [0.717, 1.165) is 11.1 Å². The molecule has 8 nitrogen and oxygen atoms in total. The van der Waals surface area contributed by atoms with Crippen LogP contribution in [-0.4, -0.2) is 46.5 Å². The fourth-order valence-electron chi connectivity index (χ4n) is 4.63. The van der Waals surface area contributed by atoms with Gasteiger partial charge in [-0.15, -0.1) is 0 Å². The van der Waals surface area contributed by atoms with E-state index in [4.69, 9.17) is 21.1 Å². The molecule has 0 saturated carbocycles. The standard InChI is InChI=1S/C30H27ClFN3O5/c1-19-25(31)7-3-8-27(19)39-11-4-9-28(36)35-10-12-40-29-24(14-23(32)15-26(29)35)22-16-33-34(18-22)17-20-5-2-6-21(13-20)30(37)38/h2-3,5-8,13-16,18H,4,9-12,17H2,1H3,(H,37,38). The molecule has 1 aliphatic rings. The average Bonchev–Trinajstić information content (AvgIpc) is 3.40. The number of hydrogen-bond donors (Lipinski definition) is 1. The number of halogens is 2. The lowest BCUT2D eigenvalue weighted by molar-refractivity contribution is -0.119. The van der Waals surface area contributed by atoms with Gasteiger partial charge in [0.25, 0.3) is 0 Å². The number of amides is 1. The molecule has 40 heavy (non-hydrogen) atoms. The Labute approximate surface area is 235 Å². The summed E-state index contributed by atoms with van der Waals surface area (Å²) < 4.78 is 28.2. The molecule has 1 aliphatic heterocycles. The SMILES string of the molecule is Cc1c(Cl)cccc1OCCCC(=O)N1CCOc2c(-c3cnn(Cc4cccc(C(=O)O)c4)c3)cc(F)cc21. The van der Waals surface area contributed by atoms with Gasteiger partial charge in [-0.25, -0.2) is 9.18 Å². The third kappa shape index (κ3) is 5.94. The van der Waals surface area contributed by atoms with E-state index >= 15 is 0 Å². The van der Waals surface area contributed by atoms with E-state index in [2.05, 4.69) is 5.10 Å². The molecule has 3 aromatic carbocycles. The zero-order chi connectivity index (χ0) is 28.2. The number of rotatable bonds is 9. The zero-order valence-corrected chi connectivity index (χ0v) is 22.5. The van der Waals surface area contributed by atoms with E-state index in [1.54, 1.807) is 40.2 Å². The molecule has 5 rings (SSSR count). The number of aromatic nitrogens is 2. The van der Waals surface area contributed by atoms with Crippen LogP contribution in [0, 0.1) is 12.7 Å². The Morgan fingerprint density at radius 2 is 2.00 bits per heavy atom. The second kappa shape index (κ2) is 11.8. The van der Waals surface area contributed by atoms with Crippen LogP contribution < -0.4 is 14.4 Å². The molecule has 10 heteroatoms. The zero-order valence-electron chi connectivity index (χ0n) is 21.8. The molecule has 0 saturated heterocycles. The number of carboxylic acids is 1. The van der Waals surface area contributed by atoms with Gasteiger partial charge in [0, 0.05) is 40.4 Å². The van der Waals surface area contributed by atoms with Crippen LogP contribution in [0.15, 0.2) is 67.0 Å². The number of ether oxygens (including phenoxy) is 2. The number of nitrogens with zero attached hydrogens (tertiary/aromatic N) is 3. The molecule has 0 aliphatic carbocycles. The van der Waals surface area contributed by atoms with Crippen LogP contribution in [0.25, 0.3) is 11.1 Å². The van der Waals surface area contributed by atoms with Gasteiger partial charge in [-0.05, 0) is 49.2 Å². The minimum Gasteiger partial charge on any atom is -0.493 e. The first kappa shape index (κ1) is 27.2. The maximum Gasteiger partial charge on any atom is 0.335 e. The second-order valence-corrected chi connectivity index (χ2v) is 9.85. The fraction of sp³-hybridized carbons (Fsp3) is 0.233. The van der Waals surface area contributed by atoms with Crippen LogP contribution >= 0.6 is 11.6 Å². The molecule has 206 valence electrons. The molecule has 1 amide bonds. The van der Waals surface area contributed by atoms with E-state index < -0.39 is 11.8 Å². The lowest BCUT2D eigenvalue weighted by Gasteiger charge is -2.31. The summed E-state index contributed by atoms with van der Waals surface area (Å²) in [6.45, 7) is 3.13. The Hall–Kier alpha value is -4.37. The highest BCUT2D eigenvalue weighted by Crippen LogP contribution is 2.41. The maximum atomic E-state index is 14.8. The van der Waals surface area contributed by atoms with Crippen molar-refractivity contribution < 1.29 is 28.6 Å². The van der Waals surface area contributed by atoms with Crippen LogP contribution in [-0.2, 0) is 11.3 Å². The molecule has 1 N–H and O–H groups in total. The molecule has 0 spiro atoms. The van der Waals surface area contributed by atoms with Crippen LogP contribution in [0.4, 0.5) is 10.1 Å². The number of carboxylic acid groups (broad SMARTS) is 1. The number of carbonyl (C=O) groups is 2. The van der Waals surface area contributed by atoms with E-state index in [1.807, 2.05) is 25.1 Å². The Morgan fingerprint density at radius 1 is 1.18 bits per heavy atom. The molecule has 0 fully saturated rings. The minimum atomic E-state index is -1.01. The van der Waals surface area contributed by atoms with Crippen molar-refractivity contribution in [1.29, 1.82) is 0 Å². The summed E-state index contributed by atoms with van der Waals surface area (Å²) in [7, 11) is 0. The summed E-state index contributed by atoms with van der Waals surface area (Å²) in [6, 6.07) is 14.7. The van der Waals surface area contributed by atoms with Crippen molar-refractivity contribution in [3.63, 3.8) is 0 Å². The van der Waals surface area contributed by atoms with Crippen LogP contribution in [0.5, 0.6) is 11.5 Å². The highest BCUT2D eigenvalue weighted by molar-refractivity contribution is 6.31.